The topological polar surface area (TPSA) is 77.3 Å². The summed E-state index contributed by atoms with van der Waals surface area (Å²) in [5.74, 6) is 0. The predicted octanol–water partition coefficient (Wildman–Crippen LogP) is 4.73. The van der Waals surface area contributed by atoms with E-state index in [2.05, 4.69) is 10.3 Å². The molecule has 0 fully saturated rings. The summed E-state index contributed by atoms with van der Waals surface area (Å²) in [4.78, 5) is 14.9. The molecule has 1 aliphatic heterocycles. The Morgan fingerprint density at radius 3 is 2.79 bits per heavy atom. The number of nitrogens with zero attached hydrogens (tertiary/aromatic N) is 2. The van der Waals surface area contributed by atoms with Crippen molar-refractivity contribution < 1.29 is 22.8 Å². The Bertz CT molecular complexity index is 926. The Labute approximate surface area is 159 Å². The van der Waals surface area contributed by atoms with Crippen LogP contribution < -0.4 is 5.32 Å². The van der Waals surface area contributed by atoms with Gasteiger partial charge >= 0.3 is 11.9 Å². The van der Waals surface area contributed by atoms with E-state index in [9.17, 15) is 23.3 Å². The molecule has 1 N–H and O–H groups in total. The maximum atomic E-state index is 13.1. The first-order valence-electron chi connectivity index (χ1n) is 8.58. The molecule has 2 heterocycles. The van der Waals surface area contributed by atoms with E-state index in [0.717, 1.165) is 17.8 Å². The van der Waals surface area contributed by atoms with Gasteiger partial charge in [0.1, 0.15) is 11.9 Å². The molecule has 0 spiro atoms. The lowest BCUT2D eigenvalue weighted by Gasteiger charge is -2.16. The molecular formula is C19H18F3N3O3. The smallest absolute Gasteiger partial charge is 0.377 e. The number of pyridine rings is 1. The average molecular weight is 393 g/mol. The highest BCUT2D eigenvalue weighted by Crippen LogP contribution is 2.34. The Morgan fingerprint density at radius 1 is 1.36 bits per heavy atom. The number of rotatable bonds is 5. The molecule has 0 aliphatic carbocycles. The van der Waals surface area contributed by atoms with Crippen molar-refractivity contribution in [3.05, 3.63) is 69.0 Å². The van der Waals surface area contributed by atoms with Gasteiger partial charge in [-0.3, -0.25) is 10.1 Å². The van der Waals surface area contributed by atoms with Crippen molar-refractivity contribution in [3.63, 3.8) is 0 Å². The minimum Gasteiger partial charge on any atom is -0.377 e. The first kappa shape index (κ1) is 19.8. The first-order valence-corrected chi connectivity index (χ1v) is 8.58. The van der Waals surface area contributed by atoms with Crippen LogP contribution in [0.3, 0.4) is 0 Å². The normalized spacial score (nSPS) is 14.5. The zero-order valence-corrected chi connectivity index (χ0v) is 15.0. The van der Waals surface area contributed by atoms with Gasteiger partial charge < -0.3 is 10.1 Å². The van der Waals surface area contributed by atoms with Crippen molar-refractivity contribution in [1.82, 2.24) is 4.98 Å². The standard InChI is InChI=1S/C19H18F3N3O3/c1-12-14(3-2-4-15(12)19(20,21)22)10-23-17-9-16(13-5-7-28-8-6-13)24-11-18(17)25(26)27/h2-5,9,11H,6-8,10H2,1H3,(H,23,24). The second-order valence-corrected chi connectivity index (χ2v) is 6.34. The number of alkyl halides is 3. The van der Waals surface area contributed by atoms with Crippen LogP contribution >= 0.6 is 0 Å². The van der Waals surface area contributed by atoms with Crippen LogP contribution in [0.25, 0.3) is 5.57 Å². The van der Waals surface area contributed by atoms with Gasteiger partial charge in [0, 0.05) is 6.54 Å². The van der Waals surface area contributed by atoms with Crippen LogP contribution in [-0.4, -0.2) is 23.1 Å². The SMILES string of the molecule is Cc1c(CNc2cc(C3=CCOCC3)ncc2[N+](=O)[O-])cccc1C(F)(F)F. The summed E-state index contributed by atoms with van der Waals surface area (Å²) in [7, 11) is 0. The zero-order valence-electron chi connectivity index (χ0n) is 15.0. The second kappa shape index (κ2) is 7.97. The summed E-state index contributed by atoms with van der Waals surface area (Å²) in [6.07, 6.45) is -0.798. The third kappa shape index (κ3) is 4.30. The van der Waals surface area contributed by atoms with E-state index in [-0.39, 0.29) is 23.5 Å². The average Bonchev–Trinajstić information content (AvgIpc) is 2.66. The van der Waals surface area contributed by atoms with Gasteiger partial charge in [-0.15, -0.1) is 0 Å². The van der Waals surface area contributed by atoms with E-state index < -0.39 is 16.7 Å². The summed E-state index contributed by atoms with van der Waals surface area (Å²) in [6.45, 7) is 2.39. The van der Waals surface area contributed by atoms with Crippen molar-refractivity contribution in [2.45, 2.75) is 26.1 Å². The molecule has 9 heteroatoms. The van der Waals surface area contributed by atoms with E-state index in [1.807, 2.05) is 6.08 Å². The fraction of sp³-hybridized carbons (Fsp3) is 0.316. The lowest BCUT2D eigenvalue weighted by molar-refractivity contribution is -0.384. The minimum absolute atomic E-state index is 0.0161. The van der Waals surface area contributed by atoms with Gasteiger partial charge in [-0.2, -0.15) is 13.2 Å². The number of anilines is 1. The molecule has 6 nitrogen and oxygen atoms in total. The molecule has 148 valence electrons. The van der Waals surface area contributed by atoms with Gasteiger partial charge in [-0.05, 0) is 42.2 Å². The van der Waals surface area contributed by atoms with Gasteiger partial charge in [-0.25, -0.2) is 4.98 Å². The Morgan fingerprint density at radius 2 is 2.14 bits per heavy atom. The third-order valence-corrected chi connectivity index (χ3v) is 4.59. The number of hydrogen-bond donors (Lipinski definition) is 1. The van der Waals surface area contributed by atoms with Crippen molar-refractivity contribution in [1.29, 1.82) is 0 Å². The molecule has 0 bridgehead atoms. The van der Waals surface area contributed by atoms with E-state index >= 15 is 0 Å². The maximum Gasteiger partial charge on any atom is 0.416 e. The van der Waals surface area contributed by atoms with E-state index in [1.54, 1.807) is 12.1 Å². The highest BCUT2D eigenvalue weighted by atomic mass is 19.4. The summed E-state index contributed by atoms with van der Waals surface area (Å²) >= 11 is 0. The molecule has 0 radical (unpaired) electrons. The zero-order chi connectivity index (χ0) is 20.3. The molecule has 0 unspecified atom stereocenters. The molecule has 0 saturated heterocycles. The van der Waals surface area contributed by atoms with Crippen LogP contribution in [0.15, 0.2) is 36.5 Å². The molecule has 28 heavy (non-hydrogen) atoms. The molecule has 1 aliphatic rings. The molecule has 2 aromatic rings. The number of nitro groups is 1. The molecule has 0 amide bonds. The van der Waals surface area contributed by atoms with Gasteiger partial charge in [0.15, 0.2) is 0 Å². The number of ether oxygens (including phenoxy) is 1. The van der Waals surface area contributed by atoms with Crippen molar-refractivity contribution >= 4 is 16.9 Å². The molecule has 3 rings (SSSR count). The quantitative estimate of drug-likeness (QED) is 0.587. The molecular weight excluding hydrogens is 375 g/mol. The van der Waals surface area contributed by atoms with Crippen LogP contribution in [-0.2, 0) is 17.5 Å². The largest absolute Gasteiger partial charge is 0.416 e. The van der Waals surface area contributed by atoms with Gasteiger partial charge in [0.2, 0.25) is 0 Å². The Kier molecular flexibility index (Phi) is 5.64. The van der Waals surface area contributed by atoms with Crippen LogP contribution in [0.4, 0.5) is 24.5 Å². The van der Waals surface area contributed by atoms with Crippen molar-refractivity contribution in [3.8, 4) is 0 Å². The van der Waals surface area contributed by atoms with Crippen LogP contribution in [0, 0.1) is 17.0 Å². The van der Waals surface area contributed by atoms with Gasteiger partial charge in [-0.1, -0.05) is 18.2 Å². The first-order chi connectivity index (χ1) is 13.3. The second-order valence-electron chi connectivity index (χ2n) is 6.34. The molecule has 1 aromatic carbocycles. The Hall–Kier alpha value is -2.94. The molecule has 0 saturated carbocycles. The van der Waals surface area contributed by atoms with Crippen LogP contribution in [0.2, 0.25) is 0 Å². The van der Waals surface area contributed by atoms with Crippen LogP contribution in [0.5, 0.6) is 0 Å². The summed E-state index contributed by atoms with van der Waals surface area (Å²) in [5, 5.41) is 14.2. The fourth-order valence-corrected chi connectivity index (χ4v) is 3.04. The van der Waals surface area contributed by atoms with E-state index in [1.165, 1.54) is 13.0 Å². The third-order valence-electron chi connectivity index (χ3n) is 4.59. The number of benzene rings is 1. The number of nitrogens with one attached hydrogen (secondary N) is 1. The number of halogens is 3. The molecule has 0 atom stereocenters. The van der Waals surface area contributed by atoms with Gasteiger partial charge in [0.05, 0.1) is 29.4 Å². The van der Waals surface area contributed by atoms with Gasteiger partial charge in [0.25, 0.3) is 0 Å². The minimum atomic E-state index is -4.45. The predicted molar refractivity (Wildman–Crippen MR) is 97.8 cm³/mol. The van der Waals surface area contributed by atoms with Crippen molar-refractivity contribution in [2.24, 2.45) is 0 Å². The number of hydrogen-bond acceptors (Lipinski definition) is 5. The lowest BCUT2D eigenvalue weighted by atomic mass is 10.0. The highest BCUT2D eigenvalue weighted by Gasteiger charge is 2.32. The van der Waals surface area contributed by atoms with E-state index in [4.69, 9.17) is 4.74 Å². The summed E-state index contributed by atoms with van der Waals surface area (Å²) in [6, 6.07) is 5.46. The molecule has 1 aromatic heterocycles. The van der Waals surface area contributed by atoms with Crippen molar-refractivity contribution in [2.75, 3.05) is 18.5 Å². The lowest BCUT2D eigenvalue weighted by Crippen LogP contribution is -2.11. The van der Waals surface area contributed by atoms with E-state index in [0.29, 0.717) is 30.9 Å². The summed E-state index contributed by atoms with van der Waals surface area (Å²) in [5.41, 5.74) is 1.25. The highest BCUT2D eigenvalue weighted by molar-refractivity contribution is 5.71. The van der Waals surface area contributed by atoms with Crippen LogP contribution in [0.1, 0.15) is 28.8 Å². The summed E-state index contributed by atoms with van der Waals surface area (Å²) < 4.78 is 44.5. The Balaban J connectivity index is 1.89. The maximum absolute atomic E-state index is 13.1. The fourth-order valence-electron chi connectivity index (χ4n) is 3.04. The monoisotopic (exact) mass is 393 g/mol. The number of aromatic nitrogens is 1.